The molecular weight excluding hydrogens is 228 g/mol. The molecule has 6 nitrogen and oxygen atoms in total. The first-order chi connectivity index (χ1) is 7.65. The zero-order valence-electron chi connectivity index (χ0n) is 8.35. The van der Waals surface area contributed by atoms with Gasteiger partial charge in [0.15, 0.2) is 0 Å². The lowest BCUT2D eigenvalue weighted by atomic mass is 10.2. The highest BCUT2D eigenvalue weighted by Crippen LogP contribution is 2.11. The molecule has 0 aliphatic rings. The Morgan fingerprint density at radius 2 is 2.38 bits per heavy atom. The van der Waals surface area contributed by atoms with Crippen LogP contribution in [0.15, 0.2) is 23.1 Å². The number of amides is 1. The molecule has 0 radical (unpaired) electrons. The second-order valence-electron chi connectivity index (χ2n) is 3.04. The fourth-order valence-electron chi connectivity index (χ4n) is 1.10. The summed E-state index contributed by atoms with van der Waals surface area (Å²) in [5.74, 6) is 0.230. The van der Waals surface area contributed by atoms with Crippen LogP contribution < -0.4 is 10.9 Å². The maximum absolute atomic E-state index is 11.7. The number of carbonyl (C=O) groups excluding carboxylic acids is 1. The Labute approximate surface area is 94.5 Å². The van der Waals surface area contributed by atoms with Crippen LogP contribution in [0, 0.1) is 6.92 Å². The van der Waals surface area contributed by atoms with Crippen LogP contribution in [0.4, 0.5) is 5.13 Å². The highest BCUT2D eigenvalue weighted by atomic mass is 32.1. The second kappa shape index (κ2) is 4.23. The van der Waals surface area contributed by atoms with Crippen molar-refractivity contribution in [3.63, 3.8) is 0 Å². The van der Waals surface area contributed by atoms with Gasteiger partial charge in [0.05, 0.1) is 0 Å². The molecule has 0 aliphatic carbocycles. The van der Waals surface area contributed by atoms with Gasteiger partial charge < -0.3 is 4.98 Å². The number of pyridine rings is 1. The number of aromatic nitrogens is 3. The molecule has 2 N–H and O–H groups in total. The van der Waals surface area contributed by atoms with E-state index in [-0.39, 0.29) is 17.0 Å². The zero-order chi connectivity index (χ0) is 11.5. The fraction of sp³-hybridized carbons (Fsp3) is 0.111. The van der Waals surface area contributed by atoms with Crippen molar-refractivity contribution >= 4 is 22.6 Å². The van der Waals surface area contributed by atoms with Crippen molar-refractivity contribution in [2.75, 3.05) is 5.32 Å². The third kappa shape index (κ3) is 2.31. The van der Waals surface area contributed by atoms with E-state index in [2.05, 4.69) is 19.7 Å². The first kappa shape index (κ1) is 10.5. The van der Waals surface area contributed by atoms with Gasteiger partial charge in [0.25, 0.3) is 5.91 Å². The molecule has 2 rings (SSSR count). The van der Waals surface area contributed by atoms with Crippen LogP contribution in [0.3, 0.4) is 0 Å². The van der Waals surface area contributed by atoms with Crippen LogP contribution in [-0.4, -0.2) is 20.2 Å². The van der Waals surface area contributed by atoms with E-state index in [1.54, 1.807) is 6.92 Å². The van der Waals surface area contributed by atoms with Gasteiger partial charge >= 0.3 is 0 Å². The van der Waals surface area contributed by atoms with Crippen LogP contribution in [-0.2, 0) is 0 Å². The molecule has 2 aromatic heterocycles. The van der Waals surface area contributed by atoms with E-state index >= 15 is 0 Å². The van der Waals surface area contributed by atoms with Crippen LogP contribution in [0.2, 0.25) is 0 Å². The molecule has 7 heteroatoms. The van der Waals surface area contributed by atoms with Crippen molar-refractivity contribution in [2.24, 2.45) is 0 Å². The van der Waals surface area contributed by atoms with Crippen molar-refractivity contribution in [1.29, 1.82) is 0 Å². The molecule has 0 aliphatic heterocycles. The van der Waals surface area contributed by atoms with Gasteiger partial charge in [-0.05, 0) is 13.0 Å². The Kier molecular flexibility index (Phi) is 2.78. The summed E-state index contributed by atoms with van der Waals surface area (Å²) in [5.41, 5.74) is -0.0299. The molecule has 2 heterocycles. The number of hydrogen-bond acceptors (Lipinski definition) is 5. The number of nitrogens with one attached hydrogen (secondary N) is 2. The van der Waals surface area contributed by atoms with Gasteiger partial charge in [-0.3, -0.25) is 14.9 Å². The van der Waals surface area contributed by atoms with E-state index in [0.29, 0.717) is 11.0 Å². The van der Waals surface area contributed by atoms with E-state index in [1.165, 1.54) is 18.3 Å². The largest absolute Gasteiger partial charge is 0.329 e. The number of rotatable bonds is 2. The van der Waals surface area contributed by atoms with Crippen molar-refractivity contribution < 1.29 is 4.79 Å². The number of aromatic amines is 1. The van der Waals surface area contributed by atoms with E-state index in [4.69, 9.17) is 0 Å². The molecule has 0 saturated carbocycles. The third-order valence-corrected chi connectivity index (χ3v) is 2.51. The molecule has 16 heavy (non-hydrogen) atoms. The van der Waals surface area contributed by atoms with Crippen LogP contribution in [0.5, 0.6) is 0 Å². The SMILES string of the molecule is Cc1nsc(NC(=O)c2cc[nH]c(=O)c2)n1. The summed E-state index contributed by atoms with van der Waals surface area (Å²) in [5, 5.41) is 2.98. The van der Waals surface area contributed by atoms with E-state index in [0.717, 1.165) is 11.5 Å². The minimum absolute atomic E-state index is 0.289. The van der Waals surface area contributed by atoms with E-state index in [9.17, 15) is 9.59 Å². The number of anilines is 1. The summed E-state index contributed by atoms with van der Waals surface area (Å²) in [6, 6.07) is 2.74. The summed E-state index contributed by atoms with van der Waals surface area (Å²) in [7, 11) is 0. The molecule has 0 bridgehead atoms. The summed E-state index contributed by atoms with van der Waals surface area (Å²) < 4.78 is 3.93. The Morgan fingerprint density at radius 1 is 1.56 bits per heavy atom. The Morgan fingerprint density at radius 3 is 3.00 bits per heavy atom. The normalized spacial score (nSPS) is 10.1. The van der Waals surface area contributed by atoms with Gasteiger partial charge in [0.1, 0.15) is 5.82 Å². The maximum Gasteiger partial charge on any atom is 0.257 e. The molecule has 0 unspecified atom stereocenters. The minimum Gasteiger partial charge on any atom is -0.329 e. The van der Waals surface area contributed by atoms with Gasteiger partial charge in [-0.1, -0.05) is 0 Å². The average Bonchev–Trinajstić information content (AvgIpc) is 2.64. The Bertz CT molecular complexity index is 575. The molecule has 1 amide bonds. The lowest BCUT2D eigenvalue weighted by Crippen LogP contribution is -2.15. The highest BCUT2D eigenvalue weighted by molar-refractivity contribution is 7.09. The second-order valence-corrected chi connectivity index (χ2v) is 3.79. The third-order valence-electron chi connectivity index (χ3n) is 1.79. The zero-order valence-corrected chi connectivity index (χ0v) is 9.17. The van der Waals surface area contributed by atoms with Gasteiger partial charge in [-0.15, -0.1) is 0 Å². The van der Waals surface area contributed by atoms with E-state index in [1.807, 2.05) is 0 Å². The predicted octanol–water partition coefficient (Wildman–Crippen LogP) is 0.787. The fourth-order valence-corrected chi connectivity index (χ4v) is 1.67. The standard InChI is InChI=1S/C9H8N4O2S/c1-5-11-9(16-13-5)12-8(15)6-2-3-10-7(14)4-6/h2-4H,1H3,(H,10,14)(H,11,12,13,15). The maximum atomic E-state index is 11.7. The van der Waals surface area contributed by atoms with Gasteiger partial charge in [-0.25, -0.2) is 4.98 Å². The number of aryl methyl sites for hydroxylation is 1. The van der Waals surface area contributed by atoms with Crippen LogP contribution >= 0.6 is 11.5 Å². The molecule has 0 fully saturated rings. The van der Waals surface area contributed by atoms with Gasteiger partial charge in [-0.2, -0.15) is 4.37 Å². The van der Waals surface area contributed by atoms with Crippen LogP contribution in [0.25, 0.3) is 0 Å². The molecule has 0 aromatic carbocycles. The minimum atomic E-state index is -0.373. The molecule has 0 atom stereocenters. The summed E-state index contributed by atoms with van der Waals surface area (Å²) >= 11 is 1.10. The number of hydrogen-bond donors (Lipinski definition) is 2. The van der Waals surface area contributed by atoms with Crippen molar-refractivity contribution in [2.45, 2.75) is 6.92 Å². The molecule has 82 valence electrons. The summed E-state index contributed by atoms with van der Waals surface area (Å²) in [6.07, 6.45) is 1.42. The quantitative estimate of drug-likeness (QED) is 0.806. The van der Waals surface area contributed by atoms with Crippen molar-refractivity contribution in [1.82, 2.24) is 14.3 Å². The first-order valence-corrected chi connectivity index (χ1v) is 5.23. The lowest BCUT2D eigenvalue weighted by molar-refractivity contribution is 0.102. The topological polar surface area (TPSA) is 87.7 Å². The number of carbonyl (C=O) groups is 1. The Hall–Kier alpha value is -2.02. The molecule has 0 spiro atoms. The van der Waals surface area contributed by atoms with E-state index < -0.39 is 0 Å². The lowest BCUT2D eigenvalue weighted by Gasteiger charge is -1.99. The number of nitrogens with zero attached hydrogens (tertiary/aromatic N) is 2. The molecule has 0 saturated heterocycles. The average molecular weight is 236 g/mol. The first-order valence-electron chi connectivity index (χ1n) is 4.45. The molecule has 2 aromatic rings. The Balaban J connectivity index is 2.17. The molecular formula is C9H8N4O2S. The monoisotopic (exact) mass is 236 g/mol. The highest BCUT2D eigenvalue weighted by Gasteiger charge is 2.08. The van der Waals surface area contributed by atoms with Gasteiger partial charge in [0, 0.05) is 29.4 Å². The van der Waals surface area contributed by atoms with Crippen molar-refractivity contribution in [3.8, 4) is 0 Å². The summed E-state index contributed by atoms with van der Waals surface area (Å²) in [6.45, 7) is 1.74. The van der Waals surface area contributed by atoms with Gasteiger partial charge in [0.2, 0.25) is 10.7 Å². The smallest absolute Gasteiger partial charge is 0.257 e. The summed E-state index contributed by atoms with van der Waals surface area (Å²) in [4.78, 5) is 29.1. The van der Waals surface area contributed by atoms with Crippen molar-refractivity contribution in [3.05, 3.63) is 40.1 Å². The predicted molar refractivity (Wildman–Crippen MR) is 59.7 cm³/mol. The number of H-pyrrole nitrogens is 1. The van der Waals surface area contributed by atoms with Crippen LogP contribution in [0.1, 0.15) is 16.2 Å².